The molecule has 2 N–H and O–H groups in total. The minimum absolute atomic E-state index is 0.190. The predicted molar refractivity (Wildman–Crippen MR) is 84.5 cm³/mol. The number of ether oxygens (including phenoxy) is 1. The smallest absolute Gasteiger partial charge is 0.123 e. The van der Waals surface area contributed by atoms with E-state index in [0.29, 0.717) is 0 Å². The van der Waals surface area contributed by atoms with Crippen LogP contribution in [0.1, 0.15) is 22.7 Å². The fourth-order valence-corrected chi connectivity index (χ4v) is 2.27. The minimum atomic E-state index is -0.190. The van der Waals surface area contributed by atoms with Crippen LogP contribution in [0.25, 0.3) is 0 Å². The Hall–Kier alpha value is -2.00. The summed E-state index contributed by atoms with van der Waals surface area (Å²) in [6, 6.07) is 14.2. The number of benzene rings is 2. The number of methoxy groups -OCH3 is 1. The third kappa shape index (κ3) is 2.94. The summed E-state index contributed by atoms with van der Waals surface area (Å²) in [5.74, 6) is 0.832. The second-order valence-electron chi connectivity index (χ2n) is 5.21. The van der Waals surface area contributed by atoms with Gasteiger partial charge >= 0.3 is 0 Å². The van der Waals surface area contributed by atoms with E-state index in [1.54, 1.807) is 7.11 Å². The highest BCUT2D eigenvalue weighted by Gasteiger charge is 2.15. The van der Waals surface area contributed by atoms with Crippen molar-refractivity contribution < 1.29 is 4.74 Å². The van der Waals surface area contributed by atoms with Gasteiger partial charge in [-0.25, -0.2) is 0 Å². The van der Waals surface area contributed by atoms with Crippen LogP contribution in [0.4, 0.5) is 5.69 Å². The molecule has 20 heavy (non-hydrogen) atoms. The van der Waals surface area contributed by atoms with Gasteiger partial charge in [-0.05, 0) is 30.7 Å². The van der Waals surface area contributed by atoms with Crippen molar-refractivity contribution in [2.45, 2.75) is 13.0 Å². The van der Waals surface area contributed by atoms with Crippen molar-refractivity contribution in [2.24, 2.45) is 5.73 Å². The molecule has 0 aliphatic rings. The molecule has 0 heterocycles. The molecule has 0 saturated heterocycles. The van der Waals surface area contributed by atoms with Gasteiger partial charge in [-0.2, -0.15) is 0 Å². The molecule has 1 unspecified atom stereocenters. The Morgan fingerprint density at radius 3 is 2.50 bits per heavy atom. The maximum atomic E-state index is 6.43. The molecule has 3 heteroatoms. The first-order chi connectivity index (χ1) is 9.52. The fourth-order valence-electron chi connectivity index (χ4n) is 2.27. The van der Waals surface area contributed by atoms with Crippen molar-refractivity contribution in [1.29, 1.82) is 0 Å². The molecular weight excluding hydrogens is 248 g/mol. The van der Waals surface area contributed by atoms with E-state index >= 15 is 0 Å². The Bertz CT molecular complexity index is 593. The second-order valence-corrected chi connectivity index (χ2v) is 5.21. The summed E-state index contributed by atoms with van der Waals surface area (Å²) in [6.45, 7) is 2.06. The number of anilines is 1. The van der Waals surface area contributed by atoms with E-state index in [2.05, 4.69) is 36.1 Å². The lowest BCUT2D eigenvalue weighted by Crippen LogP contribution is -2.15. The summed E-state index contributed by atoms with van der Waals surface area (Å²) in [6.07, 6.45) is 0. The number of hydrogen-bond donors (Lipinski definition) is 1. The van der Waals surface area contributed by atoms with Crippen molar-refractivity contribution in [3.8, 4) is 5.75 Å². The van der Waals surface area contributed by atoms with Crippen LogP contribution in [0, 0.1) is 6.92 Å². The molecule has 0 saturated carbocycles. The lowest BCUT2D eigenvalue weighted by Gasteiger charge is -2.19. The molecular formula is C17H22N2O. The molecule has 0 radical (unpaired) electrons. The average molecular weight is 270 g/mol. The van der Waals surface area contributed by atoms with E-state index in [-0.39, 0.29) is 6.04 Å². The van der Waals surface area contributed by atoms with Gasteiger partial charge in [-0.3, -0.25) is 0 Å². The van der Waals surface area contributed by atoms with Crippen LogP contribution in [0.15, 0.2) is 42.5 Å². The van der Waals surface area contributed by atoms with Gasteiger partial charge in [0.2, 0.25) is 0 Å². The van der Waals surface area contributed by atoms with Gasteiger partial charge in [0.05, 0.1) is 13.2 Å². The van der Waals surface area contributed by atoms with Crippen LogP contribution < -0.4 is 15.4 Å². The maximum Gasteiger partial charge on any atom is 0.123 e. The van der Waals surface area contributed by atoms with Crippen molar-refractivity contribution in [1.82, 2.24) is 0 Å². The quantitative estimate of drug-likeness (QED) is 0.927. The normalized spacial score (nSPS) is 12.1. The summed E-state index contributed by atoms with van der Waals surface area (Å²) in [5, 5.41) is 0. The molecule has 0 fully saturated rings. The van der Waals surface area contributed by atoms with Crippen LogP contribution in [0.2, 0.25) is 0 Å². The Balaban J connectivity index is 2.43. The SMILES string of the molecule is COc1ccc(C)cc1C(N)c1cccc(N(C)C)c1. The third-order valence-electron chi connectivity index (χ3n) is 3.47. The van der Waals surface area contributed by atoms with Crippen LogP contribution >= 0.6 is 0 Å². The number of nitrogens with two attached hydrogens (primary N) is 1. The van der Waals surface area contributed by atoms with E-state index < -0.39 is 0 Å². The summed E-state index contributed by atoms with van der Waals surface area (Å²) in [7, 11) is 5.73. The van der Waals surface area contributed by atoms with Crippen molar-refractivity contribution in [3.05, 3.63) is 59.2 Å². The second kappa shape index (κ2) is 5.97. The molecule has 2 aromatic carbocycles. The van der Waals surface area contributed by atoms with Crippen molar-refractivity contribution in [3.63, 3.8) is 0 Å². The number of rotatable bonds is 4. The topological polar surface area (TPSA) is 38.5 Å². The first kappa shape index (κ1) is 14.4. The molecule has 106 valence electrons. The summed E-state index contributed by atoms with van der Waals surface area (Å²) in [5.41, 5.74) is 10.9. The van der Waals surface area contributed by atoms with E-state index in [0.717, 1.165) is 22.6 Å². The highest BCUT2D eigenvalue weighted by Crippen LogP contribution is 2.30. The van der Waals surface area contributed by atoms with E-state index in [9.17, 15) is 0 Å². The molecule has 0 bridgehead atoms. The van der Waals surface area contributed by atoms with Crippen LogP contribution in [-0.4, -0.2) is 21.2 Å². The first-order valence-electron chi connectivity index (χ1n) is 6.70. The molecule has 3 nitrogen and oxygen atoms in total. The van der Waals surface area contributed by atoms with Gasteiger partial charge in [0.15, 0.2) is 0 Å². The van der Waals surface area contributed by atoms with Crippen molar-refractivity contribution in [2.75, 3.05) is 26.1 Å². The standard InChI is InChI=1S/C17H22N2O/c1-12-8-9-16(20-4)15(10-12)17(18)13-6-5-7-14(11-13)19(2)3/h5-11,17H,18H2,1-4H3. The molecule has 1 atom stereocenters. The van der Waals surface area contributed by atoms with Crippen LogP contribution in [-0.2, 0) is 0 Å². The van der Waals surface area contributed by atoms with Gasteiger partial charge in [0.1, 0.15) is 5.75 Å². The van der Waals surface area contributed by atoms with Crippen LogP contribution in [0.3, 0.4) is 0 Å². The van der Waals surface area contributed by atoms with E-state index in [4.69, 9.17) is 10.5 Å². The zero-order chi connectivity index (χ0) is 14.7. The molecule has 0 aromatic heterocycles. The third-order valence-corrected chi connectivity index (χ3v) is 3.47. The Morgan fingerprint density at radius 1 is 1.10 bits per heavy atom. The molecule has 0 spiro atoms. The lowest BCUT2D eigenvalue weighted by molar-refractivity contribution is 0.407. The first-order valence-corrected chi connectivity index (χ1v) is 6.70. The van der Waals surface area contributed by atoms with E-state index in [1.165, 1.54) is 5.56 Å². The van der Waals surface area contributed by atoms with Gasteiger partial charge in [-0.15, -0.1) is 0 Å². The zero-order valence-corrected chi connectivity index (χ0v) is 12.6. The Kier molecular flexibility index (Phi) is 4.30. The van der Waals surface area contributed by atoms with Gasteiger partial charge in [0.25, 0.3) is 0 Å². The van der Waals surface area contributed by atoms with Crippen molar-refractivity contribution >= 4 is 5.69 Å². The van der Waals surface area contributed by atoms with Gasteiger partial charge in [0, 0.05) is 25.3 Å². The molecule has 0 aliphatic heterocycles. The van der Waals surface area contributed by atoms with E-state index in [1.807, 2.05) is 32.3 Å². The summed E-state index contributed by atoms with van der Waals surface area (Å²) in [4.78, 5) is 2.07. The average Bonchev–Trinajstić information content (AvgIpc) is 2.46. The predicted octanol–water partition coefficient (Wildman–Crippen LogP) is 3.12. The van der Waals surface area contributed by atoms with Crippen LogP contribution in [0.5, 0.6) is 5.75 Å². The van der Waals surface area contributed by atoms with Gasteiger partial charge in [-0.1, -0.05) is 29.8 Å². The molecule has 2 aromatic rings. The summed E-state index contributed by atoms with van der Waals surface area (Å²) < 4.78 is 5.43. The largest absolute Gasteiger partial charge is 0.496 e. The number of nitrogens with zero attached hydrogens (tertiary/aromatic N) is 1. The fraction of sp³-hybridized carbons (Fsp3) is 0.294. The van der Waals surface area contributed by atoms with Gasteiger partial charge < -0.3 is 15.4 Å². The highest BCUT2D eigenvalue weighted by atomic mass is 16.5. The lowest BCUT2D eigenvalue weighted by atomic mass is 9.97. The monoisotopic (exact) mass is 270 g/mol. The minimum Gasteiger partial charge on any atom is -0.496 e. The zero-order valence-electron chi connectivity index (χ0n) is 12.6. The number of aryl methyl sites for hydroxylation is 1. The molecule has 2 rings (SSSR count). The number of hydrogen-bond acceptors (Lipinski definition) is 3. The Labute approximate surface area is 121 Å². The Morgan fingerprint density at radius 2 is 1.85 bits per heavy atom. The highest BCUT2D eigenvalue weighted by molar-refractivity contribution is 5.51. The molecule has 0 aliphatic carbocycles. The maximum absolute atomic E-state index is 6.43. The molecule has 0 amide bonds. The summed E-state index contributed by atoms with van der Waals surface area (Å²) >= 11 is 0.